The molecule has 0 saturated heterocycles. The Morgan fingerprint density at radius 2 is 1.43 bits per heavy atom. The molecule has 0 heterocycles. The van der Waals surface area contributed by atoms with E-state index < -0.39 is 5.91 Å². The number of hydrogen-bond acceptors (Lipinski definition) is 7. The number of carbonyl (C=O) groups is 2. The van der Waals surface area contributed by atoms with Crippen molar-refractivity contribution in [3.05, 3.63) is 77.6 Å². The maximum atomic E-state index is 14.3. The molecule has 13 heteroatoms. The van der Waals surface area contributed by atoms with Gasteiger partial charge in [-0.1, -0.05) is 87.9 Å². The van der Waals surface area contributed by atoms with Gasteiger partial charge in [-0.2, -0.15) is 4.33 Å². The number of nitrogens with zero attached hydrogens (tertiary/aromatic N) is 2. The Bertz CT molecular complexity index is 1640. The molecule has 3 rings (SSSR count). The van der Waals surface area contributed by atoms with Crippen LogP contribution in [0.1, 0.15) is 98.2 Å². The van der Waals surface area contributed by atoms with Crippen LogP contribution in [0.2, 0.25) is 10.0 Å². The Morgan fingerprint density at radius 1 is 0.863 bits per heavy atom. The first-order valence-corrected chi connectivity index (χ1v) is 20.3. The van der Waals surface area contributed by atoms with Crippen LogP contribution in [0.4, 0.5) is 17.1 Å². The molecule has 0 aromatic heterocycles. The summed E-state index contributed by atoms with van der Waals surface area (Å²) in [4.78, 5) is 39.8. The van der Waals surface area contributed by atoms with Crippen LogP contribution in [0.15, 0.2) is 55.2 Å². The molecule has 278 valence electrons. The highest BCUT2D eigenvalue weighted by atomic mass is 79.9. The lowest BCUT2D eigenvalue weighted by atomic mass is 9.97. The number of hydrogen-bond donors (Lipinski definition) is 2. The summed E-state index contributed by atoms with van der Waals surface area (Å²) in [6, 6.07) is 10.5. The molecule has 0 fully saturated rings. The number of carbonyl (C=O) groups excluding carboxylic acids is 2. The summed E-state index contributed by atoms with van der Waals surface area (Å²) in [5.41, 5.74) is 4.28. The van der Waals surface area contributed by atoms with Gasteiger partial charge in [-0.15, -0.1) is 0 Å². The van der Waals surface area contributed by atoms with Gasteiger partial charge in [-0.05, 0) is 99.7 Å². The van der Waals surface area contributed by atoms with E-state index in [4.69, 9.17) is 37.4 Å². The quantitative estimate of drug-likeness (QED) is 0.0386. The highest BCUT2D eigenvalue weighted by Gasteiger charge is 2.26. The number of aliphatic imine (C=N–C) groups is 1. The van der Waals surface area contributed by atoms with Gasteiger partial charge in [0.1, 0.15) is 5.71 Å². The third kappa shape index (κ3) is 12.8. The van der Waals surface area contributed by atoms with Gasteiger partial charge in [0.15, 0.2) is 0 Å². The van der Waals surface area contributed by atoms with Gasteiger partial charge in [0.05, 0.1) is 51.0 Å². The van der Waals surface area contributed by atoms with E-state index in [1.165, 1.54) is 64.2 Å². The van der Waals surface area contributed by atoms with Crippen LogP contribution in [0.3, 0.4) is 0 Å². The fourth-order valence-corrected chi connectivity index (χ4v) is 8.08. The maximum Gasteiger partial charge on any atom is 0.274 e. The summed E-state index contributed by atoms with van der Waals surface area (Å²) in [6.45, 7) is 6.55. The maximum absolute atomic E-state index is 14.3. The Morgan fingerprint density at radius 3 is 1.98 bits per heavy atom. The van der Waals surface area contributed by atoms with Crippen LogP contribution in [0.5, 0.6) is 0 Å². The number of unbranched alkanes of at least 4 members (excludes halogenated alkanes) is 9. The summed E-state index contributed by atoms with van der Waals surface area (Å²) in [5.74, 6) is -0.852. The van der Waals surface area contributed by atoms with Gasteiger partial charge in [0.2, 0.25) is 0 Å². The zero-order valence-electron chi connectivity index (χ0n) is 30.2. The molecule has 3 aromatic rings. The third-order valence-corrected chi connectivity index (χ3v) is 12.3. The Hall–Kier alpha value is -2.12. The van der Waals surface area contributed by atoms with Crippen molar-refractivity contribution in [3.63, 3.8) is 0 Å². The van der Waals surface area contributed by atoms with E-state index in [9.17, 15) is 9.59 Å². The predicted molar refractivity (Wildman–Crippen MR) is 222 cm³/mol. The number of benzene rings is 3. The summed E-state index contributed by atoms with van der Waals surface area (Å²) in [6.07, 6.45) is 12.1. The summed E-state index contributed by atoms with van der Waals surface area (Å²) in [7, 11) is 5.33. The summed E-state index contributed by atoms with van der Waals surface area (Å²) < 4.78 is 6.55. The minimum absolute atomic E-state index is 0.145. The average molecular weight is 888 g/mol. The third-order valence-electron chi connectivity index (χ3n) is 8.42. The zero-order valence-corrected chi connectivity index (χ0v) is 35.7. The lowest BCUT2D eigenvalue weighted by Gasteiger charge is -2.19. The van der Waals surface area contributed by atoms with Crippen molar-refractivity contribution >= 4 is 102 Å². The van der Waals surface area contributed by atoms with Gasteiger partial charge in [-0.25, -0.2) is 9.88 Å². The number of halogens is 4. The molecule has 3 aromatic carbocycles. The van der Waals surface area contributed by atoms with Gasteiger partial charge in [-0.3, -0.25) is 9.59 Å². The van der Waals surface area contributed by atoms with E-state index in [-0.39, 0.29) is 32.9 Å². The van der Waals surface area contributed by atoms with Gasteiger partial charge in [0, 0.05) is 40.8 Å². The molecule has 0 atom stereocenters. The molecule has 0 aliphatic rings. The topological polar surface area (TPSA) is 92.3 Å². The Labute approximate surface area is 334 Å². The molecule has 2 N–H and O–H groups in total. The minimum atomic E-state index is -0.522. The molecular formula is C38H48Br2Cl2N4O4S. The molecule has 0 radical (unpaired) electrons. The molecule has 0 saturated carbocycles. The molecule has 0 spiro atoms. The summed E-state index contributed by atoms with van der Waals surface area (Å²) >= 11 is 21.5. The van der Waals surface area contributed by atoms with Gasteiger partial charge in [0.25, 0.3) is 11.8 Å². The van der Waals surface area contributed by atoms with E-state index >= 15 is 0 Å². The molecule has 51 heavy (non-hydrogen) atoms. The van der Waals surface area contributed by atoms with Crippen molar-refractivity contribution < 1.29 is 18.8 Å². The highest BCUT2D eigenvalue weighted by Crippen LogP contribution is 2.42. The fraction of sp³-hybridized carbons (Fsp3) is 0.447. The Kier molecular flexibility index (Phi) is 18.8. The normalized spacial score (nSPS) is 11.5. The molecular weight excluding hydrogens is 839 g/mol. The SMILES string of the molecule is CCCCCCCCCCCCNC(=O)c1cc(NC(=O)C(=Nc2ccc(N(C)C)cc2)c2c(C)c(Br)c(SOOC)c(Br)c2C)c(Cl)cc1Cl. The number of anilines is 2. The lowest BCUT2D eigenvalue weighted by Crippen LogP contribution is -2.27. The van der Waals surface area contributed by atoms with Crippen molar-refractivity contribution in [2.45, 2.75) is 89.9 Å². The standard InChI is InChI=1S/C38H48Br2Cl2N4O4S/c1-7-8-9-10-11-12-13-14-15-16-21-43-37(47)28-22-31(30(42)23-29(28)41)45-38(48)35(44-26-17-19-27(20-18-26)46(4)5)32-24(2)33(39)36(51-50-49-6)34(40)25(32)3/h17-20,22-23H,7-16,21H2,1-6H3,(H,43,47)(H,45,48). The zero-order chi connectivity index (χ0) is 37.5. The van der Waals surface area contributed by atoms with Gasteiger partial charge < -0.3 is 15.5 Å². The van der Waals surface area contributed by atoms with Crippen molar-refractivity contribution in [2.75, 3.05) is 38.0 Å². The molecule has 0 aliphatic heterocycles. The van der Waals surface area contributed by atoms with Crippen LogP contribution in [-0.2, 0) is 14.0 Å². The highest BCUT2D eigenvalue weighted by molar-refractivity contribution is 9.11. The van der Waals surface area contributed by atoms with E-state index in [0.29, 0.717) is 26.7 Å². The second-order valence-electron chi connectivity index (χ2n) is 12.5. The van der Waals surface area contributed by atoms with Crippen LogP contribution in [0.25, 0.3) is 0 Å². The van der Waals surface area contributed by atoms with Crippen molar-refractivity contribution in [3.8, 4) is 0 Å². The number of nitrogens with one attached hydrogen (secondary N) is 2. The number of rotatable bonds is 20. The smallest absolute Gasteiger partial charge is 0.274 e. The monoisotopic (exact) mass is 884 g/mol. The van der Waals surface area contributed by atoms with Crippen LogP contribution < -0.4 is 15.5 Å². The second-order valence-corrected chi connectivity index (χ2v) is 15.6. The average Bonchev–Trinajstić information content (AvgIpc) is 3.10. The largest absolute Gasteiger partial charge is 0.378 e. The molecule has 0 bridgehead atoms. The van der Waals surface area contributed by atoms with Crippen molar-refractivity contribution in [2.24, 2.45) is 4.99 Å². The first-order chi connectivity index (χ1) is 24.4. The van der Waals surface area contributed by atoms with E-state index in [0.717, 1.165) is 53.0 Å². The molecule has 8 nitrogen and oxygen atoms in total. The van der Waals surface area contributed by atoms with Crippen LogP contribution in [-0.4, -0.2) is 45.3 Å². The first kappa shape index (κ1) is 43.3. The molecule has 0 unspecified atom stereocenters. The first-order valence-electron chi connectivity index (χ1n) is 17.2. The Balaban J connectivity index is 1.85. The van der Waals surface area contributed by atoms with Crippen molar-refractivity contribution in [1.29, 1.82) is 0 Å². The minimum Gasteiger partial charge on any atom is -0.378 e. The number of amides is 2. The second kappa shape index (κ2) is 22.2. The van der Waals surface area contributed by atoms with E-state index in [1.54, 1.807) is 0 Å². The van der Waals surface area contributed by atoms with E-state index in [1.807, 2.05) is 57.1 Å². The fourth-order valence-electron chi connectivity index (χ4n) is 5.52. The lowest BCUT2D eigenvalue weighted by molar-refractivity contribution is -0.160. The van der Waals surface area contributed by atoms with Crippen molar-refractivity contribution in [1.82, 2.24) is 5.32 Å². The van der Waals surface area contributed by atoms with Crippen LogP contribution in [0, 0.1) is 13.8 Å². The predicted octanol–water partition coefficient (Wildman–Crippen LogP) is 12.2. The van der Waals surface area contributed by atoms with Crippen LogP contribution >= 0.6 is 67.1 Å². The molecule has 0 aliphatic carbocycles. The summed E-state index contributed by atoms with van der Waals surface area (Å²) in [5, 5.41) is 6.26. The molecule has 2 amide bonds. The van der Waals surface area contributed by atoms with E-state index in [2.05, 4.69) is 49.4 Å². The van der Waals surface area contributed by atoms with Gasteiger partial charge >= 0.3 is 0 Å².